The van der Waals surface area contributed by atoms with Crippen LogP contribution in [0.3, 0.4) is 0 Å². The van der Waals surface area contributed by atoms with E-state index in [1.54, 1.807) is 4.90 Å². The van der Waals surface area contributed by atoms with E-state index in [1.165, 1.54) is 0 Å². The maximum atomic E-state index is 11.5. The molecule has 2 fully saturated rings. The molecule has 0 saturated carbocycles. The predicted molar refractivity (Wildman–Crippen MR) is 49.9 cm³/mol. The van der Waals surface area contributed by atoms with Gasteiger partial charge in [0, 0.05) is 32.5 Å². The SMILES string of the molecule is NCCN1CCC2(CCOC2)OC1=O. The van der Waals surface area contributed by atoms with Crippen LogP contribution in [0.25, 0.3) is 0 Å². The van der Waals surface area contributed by atoms with Crippen LogP contribution in [0.1, 0.15) is 12.8 Å². The third-order valence-electron chi connectivity index (χ3n) is 2.87. The fourth-order valence-corrected chi connectivity index (χ4v) is 1.96. The first-order valence-corrected chi connectivity index (χ1v) is 5.01. The zero-order valence-corrected chi connectivity index (χ0v) is 8.20. The van der Waals surface area contributed by atoms with E-state index in [-0.39, 0.29) is 11.7 Å². The maximum absolute atomic E-state index is 11.5. The first kappa shape index (κ1) is 9.73. The third kappa shape index (κ3) is 1.69. The molecule has 0 aliphatic carbocycles. The molecule has 1 spiro atoms. The van der Waals surface area contributed by atoms with Crippen LogP contribution in [0.4, 0.5) is 4.79 Å². The molecule has 1 unspecified atom stereocenters. The molecular weight excluding hydrogens is 184 g/mol. The predicted octanol–water partition coefficient (Wildman–Crippen LogP) is -0.0535. The smallest absolute Gasteiger partial charge is 0.410 e. The topological polar surface area (TPSA) is 64.8 Å². The lowest BCUT2D eigenvalue weighted by molar-refractivity contribution is -0.0503. The number of nitrogens with zero attached hydrogens (tertiary/aromatic N) is 1. The average Bonchev–Trinajstić information content (AvgIpc) is 2.59. The van der Waals surface area contributed by atoms with Crippen molar-refractivity contribution < 1.29 is 14.3 Å². The van der Waals surface area contributed by atoms with Gasteiger partial charge in [0.2, 0.25) is 0 Å². The van der Waals surface area contributed by atoms with Crippen LogP contribution < -0.4 is 5.73 Å². The van der Waals surface area contributed by atoms with E-state index in [2.05, 4.69) is 0 Å². The van der Waals surface area contributed by atoms with Gasteiger partial charge >= 0.3 is 6.09 Å². The molecule has 0 bridgehead atoms. The second kappa shape index (κ2) is 3.74. The molecule has 2 aliphatic rings. The highest BCUT2D eigenvalue weighted by Gasteiger charge is 2.43. The number of hydrogen-bond acceptors (Lipinski definition) is 4. The molecule has 0 aromatic carbocycles. The minimum absolute atomic E-state index is 0.243. The van der Waals surface area contributed by atoms with Gasteiger partial charge < -0.3 is 20.1 Å². The standard InChI is InChI=1S/C9H16N2O3/c10-3-5-11-4-1-9(14-8(11)12)2-6-13-7-9/h1-7,10H2. The summed E-state index contributed by atoms with van der Waals surface area (Å²) in [5.74, 6) is 0. The van der Waals surface area contributed by atoms with E-state index in [9.17, 15) is 4.79 Å². The van der Waals surface area contributed by atoms with Crippen molar-refractivity contribution in [1.29, 1.82) is 0 Å². The Kier molecular flexibility index (Phi) is 2.60. The summed E-state index contributed by atoms with van der Waals surface area (Å²) in [7, 11) is 0. The van der Waals surface area contributed by atoms with E-state index < -0.39 is 0 Å². The van der Waals surface area contributed by atoms with Gasteiger partial charge in [-0.1, -0.05) is 0 Å². The highest BCUT2D eigenvalue weighted by Crippen LogP contribution is 2.31. The van der Waals surface area contributed by atoms with E-state index in [0.717, 1.165) is 19.4 Å². The molecule has 2 rings (SSSR count). The van der Waals surface area contributed by atoms with Crippen molar-refractivity contribution in [2.45, 2.75) is 18.4 Å². The van der Waals surface area contributed by atoms with Gasteiger partial charge in [-0.05, 0) is 0 Å². The summed E-state index contributed by atoms with van der Waals surface area (Å²) in [4.78, 5) is 13.2. The molecule has 0 aromatic heterocycles. The average molecular weight is 200 g/mol. The van der Waals surface area contributed by atoms with Gasteiger partial charge in [0.1, 0.15) is 5.60 Å². The largest absolute Gasteiger partial charge is 0.440 e. The van der Waals surface area contributed by atoms with E-state index in [0.29, 0.717) is 26.3 Å². The fourth-order valence-electron chi connectivity index (χ4n) is 1.96. The second-order valence-electron chi connectivity index (χ2n) is 3.88. The Balaban J connectivity index is 1.95. The molecule has 80 valence electrons. The Hall–Kier alpha value is -0.810. The number of amides is 1. The molecule has 0 aromatic rings. The Morgan fingerprint density at radius 3 is 2.93 bits per heavy atom. The molecule has 5 nitrogen and oxygen atoms in total. The lowest BCUT2D eigenvalue weighted by Crippen LogP contribution is -2.51. The summed E-state index contributed by atoms with van der Waals surface area (Å²) >= 11 is 0. The molecule has 2 N–H and O–H groups in total. The van der Waals surface area contributed by atoms with Crippen LogP contribution in [-0.4, -0.2) is 49.4 Å². The van der Waals surface area contributed by atoms with Gasteiger partial charge in [0.15, 0.2) is 0 Å². The van der Waals surface area contributed by atoms with Crippen LogP contribution in [0.2, 0.25) is 0 Å². The molecule has 2 aliphatic heterocycles. The molecule has 2 saturated heterocycles. The van der Waals surface area contributed by atoms with Gasteiger partial charge in [0.25, 0.3) is 0 Å². The van der Waals surface area contributed by atoms with Crippen LogP contribution in [0, 0.1) is 0 Å². The number of hydrogen-bond donors (Lipinski definition) is 1. The Bertz CT molecular complexity index is 226. The van der Waals surface area contributed by atoms with Crippen molar-refractivity contribution in [3.8, 4) is 0 Å². The molecule has 1 amide bonds. The highest BCUT2D eigenvalue weighted by molar-refractivity contribution is 5.69. The quantitative estimate of drug-likeness (QED) is 0.678. The molecule has 2 heterocycles. The van der Waals surface area contributed by atoms with Crippen LogP contribution in [0.15, 0.2) is 0 Å². The first-order valence-electron chi connectivity index (χ1n) is 5.01. The lowest BCUT2D eigenvalue weighted by atomic mass is 9.97. The zero-order chi connectivity index (χ0) is 10.0. The summed E-state index contributed by atoms with van der Waals surface area (Å²) in [6, 6.07) is 0. The van der Waals surface area contributed by atoms with Crippen molar-refractivity contribution in [1.82, 2.24) is 4.90 Å². The van der Waals surface area contributed by atoms with E-state index in [4.69, 9.17) is 15.2 Å². The van der Waals surface area contributed by atoms with Gasteiger partial charge in [-0.2, -0.15) is 0 Å². The summed E-state index contributed by atoms with van der Waals surface area (Å²) in [5.41, 5.74) is 5.06. The fraction of sp³-hybridized carbons (Fsp3) is 0.889. The van der Waals surface area contributed by atoms with E-state index >= 15 is 0 Å². The molecule has 1 atom stereocenters. The number of nitrogens with two attached hydrogens (primary N) is 1. The summed E-state index contributed by atoms with van der Waals surface area (Å²) < 4.78 is 10.7. The Morgan fingerprint density at radius 1 is 1.50 bits per heavy atom. The van der Waals surface area contributed by atoms with Crippen molar-refractivity contribution in [3.63, 3.8) is 0 Å². The summed E-state index contributed by atoms with van der Waals surface area (Å²) in [6.45, 7) is 3.05. The third-order valence-corrected chi connectivity index (χ3v) is 2.87. The summed E-state index contributed by atoms with van der Waals surface area (Å²) in [5, 5.41) is 0. The van der Waals surface area contributed by atoms with Gasteiger partial charge in [-0.3, -0.25) is 0 Å². The van der Waals surface area contributed by atoms with Crippen molar-refractivity contribution in [2.24, 2.45) is 5.73 Å². The summed E-state index contributed by atoms with van der Waals surface area (Å²) in [6.07, 6.45) is 1.45. The molecule has 0 radical (unpaired) electrons. The Labute approximate surface area is 83.1 Å². The lowest BCUT2D eigenvalue weighted by Gasteiger charge is -2.37. The van der Waals surface area contributed by atoms with Crippen molar-refractivity contribution >= 4 is 6.09 Å². The number of ether oxygens (including phenoxy) is 2. The molecule has 5 heteroatoms. The zero-order valence-electron chi connectivity index (χ0n) is 8.20. The number of carbonyl (C=O) groups excluding carboxylic acids is 1. The number of rotatable bonds is 2. The number of carbonyl (C=O) groups is 1. The minimum atomic E-state index is -0.331. The van der Waals surface area contributed by atoms with Gasteiger partial charge in [-0.25, -0.2) is 4.79 Å². The van der Waals surface area contributed by atoms with Crippen LogP contribution >= 0.6 is 0 Å². The van der Waals surface area contributed by atoms with Gasteiger partial charge in [0.05, 0.1) is 13.2 Å². The van der Waals surface area contributed by atoms with Gasteiger partial charge in [-0.15, -0.1) is 0 Å². The Morgan fingerprint density at radius 2 is 2.36 bits per heavy atom. The monoisotopic (exact) mass is 200 g/mol. The maximum Gasteiger partial charge on any atom is 0.410 e. The van der Waals surface area contributed by atoms with Crippen LogP contribution in [0.5, 0.6) is 0 Å². The van der Waals surface area contributed by atoms with E-state index in [1.807, 2.05) is 0 Å². The normalized spacial score (nSPS) is 32.4. The molecule has 14 heavy (non-hydrogen) atoms. The van der Waals surface area contributed by atoms with Crippen molar-refractivity contribution in [3.05, 3.63) is 0 Å². The first-order chi connectivity index (χ1) is 6.76. The minimum Gasteiger partial charge on any atom is -0.440 e. The van der Waals surface area contributed by atoms with Crippen LogP contribution in [-0.2, 0) is 9.47 Å². The second-order valence-corrected chi connectivity index (χ2v) is 3.88. The molecular formula is C9H16N2O3. The van der Waals surface area contributed by atoms with Crippen molar-refractivity contribution in [2.75, 3.05) is 32.8 Å². The highest BCUT2D eigenvalue weighted by atomic mass is 16.6.